The van der Waals surface area contributed by atoms with Crippen molar-refractivity contribution in [2.24, 2.45) is 0 Å². The largest absolute Gasteiger partial charge is 0.311 e. The third-order valence-electron chi connectivity index (χ3n) is 3.27. The van der Waals surface area contributed by atoms with Crippen molar-refractivity contribution in [2.75, 3.05) is 26.2 Å². The van der Waals surface area contributed by atoms with Crippen LogP contribution in [0.5, 0.6) is 0 Å². The van der Waals surface area contributed by atoms with Gasteiger partial charge in [-0.1, -0.05) is 30.2 Å². The number of nitrogens with one attached hydrogen (secondary N) is 1. The Morgan fingerprint density at radius 2 is 2.00 bits per heavy atom. The Morgan fingerprint density at radius 1 is 1.18 bits per heavy atom. The summed E-state index contributed by atoms with van der Waals surface area (Å²) in [5.74, 6) is 0. The molecule has 1 saturated heterocycles. The molecule has 0 bridgehead atoms. The van der Waals surface area contributed by atoms with Gasteiger partial charge in [0, 0.05) is 24.7 Å². The Labute approximate surface area is 109 Å². The Morgan fingerprint density at radius 3 is 2.76 bits per heavy atom. The summed E-state index contributed by atoms with van der Waals surface area (Å²) in [7, 11) is 0. The molecule has 0 aliphatic carbocycles. The van der Waals surface area contributed by atoms with Gasteiger partial charge in [0.15, 0.2) is 0 Å². The van der Waals surface area contributed by atoms with Crippen LogP contribution in [-0.4, -0.2) is 31.1 Å². The van der Waals surface area contributed by atoms with Gasteiger partial charge in [0.05, 0.1) is 0 Å². The molecule has 3 heteroatoms. The molecule has 2 nitrogen and oxygen atoms in total. The van der Waals surface area contributed by atoms with Gasteiger partial charge in [-0.25, -0.2) is 0 Å². The lowest BCUT2D eigenvalue weighted by atomic mass is 10.1. The highest BCUT2D eigenvalue weighted by atomic mass is 35.5. The van der Waals surface area contributed by atoms with Crippen LogP contribution in [-0.2, 0) is 6.54 Å². The van der Waals surface area contributed by atoms with Crippen LogP contribution in [0.3, 0.4) is 0 Å². The molecule has 1 aromatic rings. The van der Waals surface area contributed by atoms with Crippen molar-refractivity contribution < 1.29 is 0 Å². The third-order valence-corrected chi connectivity index (χ3v) is 3.51. The molecule has 0 amide bonds. The van der Waals surface area contributed by atoms with Crippen LogP contribution in [0.15, 0.2) is 24.3 Å². The summed E-state index contributed by atoms with van der Waals surface area (Å²) in [6.07, 6.45) is 4.15. The van der Waals surface area contributed by atoms with Gasteiger partial charge < -0.3 is 10.2 Å². The lowest BCUT2D eigenvalue weighted by molar-refractivity contribution is 0.229. The van der Waals surface area contributed by atoms with Crippen LogP contribution in [0.4, 0.5) is 0 Å². The average molecular weight is 253 g/mol. The standard InChI is InChI=1S/C14H21ClN2/c15-14-6-4-5-13(11-14)12-16-7-10-17-8-2-1-3-9-17/h4-6,11,16H,1-3,7-10,12H2. The monoisotopic (exact) mass is 252 g/mol. The van der Waals surface area contributed by atoms with Gasteiger partial charge in [-0.2, -0.15) is 0 Å². The number of benzene rings is 1. The van der Waals surface area contributed by atoms with Gasteiger partial charge in [-0.05, 0) is 43.6 Å². The molecule has 1 heterocycles. The first-order valence-electron chi connectivity index (χ1n) is 6.52. The summed E-state index contributed by atoms with van der Waals surface area (Å²) in [4.78, 5) is 2.55. The van der Waals surface area contributed by atoms with E-state index in [1.54, 1.807) is 0 Å². The highest BCUT2D eigenvalue weighted by molar-refractivity contribution is 6.30. The molecule has 1 fully saturated rings. The number of halogens is 1. The first-order valence-corrected chi connectivity index (χ1v) is 6.90. The molecular weight excluding hydrogens is 232 g/mol. The first kappa shape index (κ1) is 12.9. The van der Waals surface area contributed by atoms with Crippen LogP contribution in [0, 0.1) is 0 Å². The van der Waals surface area contributed by atoms with Crippen molar-refractivity contribution in [3.8, 4) is 0 Å². The molecule has 17 heavy (non-hydrogen) atoms. The van der Waals surface area contributed by atoms with E-state index in [4.69, 9.17) is 11.6 Å². The number of nitrogens with zero attached hydrogens (tertiary/aromatic N) is 1. The van der Waals surface area contributed by atoms with Gasteiger partial charge in [-0.3, -0.25) is 0 Å². The van der Waals surface area contributed by atoms with Crippen LogP contribution < -0.4 is 5.32 Å². The Kier molecular flexibility index (Phi) is 5.30. The van der Waals surface area contributed by atoms with Gasteiger partial charge >= 0.3 is 0 Å². The van der Waals surface area contributed by atoms with Crippen molar-refractivity contribution in [2.45, 2.75) is 25.8 Å². The minimum atomic E-state index is 0.820. The summed E-state index contributed by atoms with van der Waals surface area (Å²) in [5.41, 5.74) is 1.26. The fraction of sp³-hybridized carbons (Fsp3) is 0.571. The van der Waals surface area contributed by atoms with Gasteiger partial charge in [0.25, 0.3) is 0 Å². The van der Waals surface area contributed by atoms with Crippen LogP contribution in [0.1, 0.15) is 24.8 Å². The molecule has 0 radical (unpaired) electrons. The quantitative estimate of drug-likeness (QED) is 0.811. The molecule has 94 valence electrons. The predicted molar refractivity (Wildman–Crippen MR) is 73.4 cm³/mol. The van der Waals surface area contributed by atoms with Crippen LogP contribution in [0.2, 0.25) is 5.02 Å². The van der Waals surface area contributed by atoms with Gasteiger partial charge in [0.1, 0.15) is 0 Å². The topological polar surface area (TPSA) is 15.3 Å². The van der Waals surface area contributed by atoms with E-state index in [1.165, 1.54) is 44.5 Å². The molecule has 1 aliphatic rings. The summed E-state index contributed by atoms with van der Waals surface area (Å²) in [6.45, 7) is 5.69. The van der Waals surface area contributed by atoms with E-state index >= 15 is 0 Å². The molecule has 0 atom stereocenters. The van der Waals surface area contributed by atoms with E-state index in [9.17, 15) is 0 Å². The van der Waals surface area contributed by atoms with Crippen molar-refractivity contribution in [3.05, 3.63) is 34.9 Å². The number of piperidine rings is 1. The Balaban J connectivity index is 1.62. The van der Waals surface area contributed by atoms with E-state index in [0.29, 0.717) is 0 Å². The second kappa shape index (κ2) is 7.00. The van der Waals surface area contributed by atoms with Crippen LogP contribution in [0.25, 0.3) is 0 Å². The van der Waals surface area contributed by atoms with Crippen molar-refractivity contribution in [1.82, 2.24) is 10.2 Å². The summed E-state index contributed by atoms with van der Waals surface area (Å²) < 4.78 is 0. The molecule has 0 aromatic heterocycles. The molecule has 0 saturated carbocycles. The molecule has 1 aromatic carbocycles. The van der Waals surface area contributed by atoms with Crippen LogP contribution >= 0.6 is 11.6 Å². The minimum Gasteiger partial charge on any atom is -0.311 e. The number of rotatable bonds is 5. The fourth-order valence-electron chi connectivity index (χ4n) is 2.30. The van der Waals surface area contributed by atoms with Gasteiger partial charge in [0.2, 0.25) is 0 Å². The maximum atomic E-state index is 5.94. The maximum Gasteiger partial charge on any atom is 0.0409 e. The molecule has 0 unspecified atom stereocenters. The third kappa shape index (κ3) is 4.66. The molecule has 1 N–H and O–H groups in total. The lowest BCUT2D eigenvalue weighted by Gasteiger charge is -2.26. The Bertz CT molecular complexity index is 335. The van der Waals surface area contributed by atoms with E-state index in [1.807, 2.05) is 18.2 Å². The smallest absolute Gasteiger partial charge is 0.0409 e. The minimum absolute atomic E-state index is 0.820. The molecule has 1 aliphatic heterocycles. The average Bonchev–Trinajstić information content (AvgIpc) is 2.36. The van der Waals surface area contributed by atoms with Crippen molar-refractivity contribution >= 4 is 11.6 Å². The van der Waals surface area contributed by atoms with E-state index in [0.717, 1.165) is 18.1 Å². The normalized spacial score (nSPS) is 17.2. The first-order chi connectivity index (χ1) is 8.34. The maximum absolute atomic E-state index is 5.94. The lowest BCUT2D eigenvalue weighted by Crippen LogP contribution is -2.35. The zero-order chi connectivity index (χ0) is 11.9. The van der Waals surface area contributed by atoms with E-state index in [-0.39, 0.29) is 0 Å². The fourth-order valence-corrected chi connectivity index (χ4v) is 2.51. The highest BCUT2D eigenvalue weighted by Gasteiger charge is 2.08. The SMILES string of the molecule is Clc1cccc(CNCCN2CCCCC2)c1. The molecule has 2 rings (SSSR count). The molecule has 0 spiro atoms. The summed E-state index contributed by atoms with van der Waals surface area (Å²) in [5, 5.41) is 4.30. The number of hydrogen-bond acceptors (Lipinski definition) is 2. The number of hydrogen-bond donors (Lipinski definition) is 1. The van der Waals surface area contributed by atoms with Gasteiger partial charge in [-0.15, -0.1) is 0 Å². The summed E-state index contributed by atoms with van der Waals surface area (Å²) in [6, 6.07) is 8.05. The Hall–Kier alpha value is -0.570. The zero-order valence-electron chi connectivity index (χ0n) is 10.3. The van der Waals surface area contributed by atoms with Crippen molar-refractivity contribution in [3.63, 3.8) is 0 Å². The van der Waals surface area contributed by atoms with Crippen molar-refractivity contribution in [1.29, 1.82) is 0 Å². The zero-order valence-corrected chi connectivity index (χ0v) is 11.0. The number of likely N-dealkylation sites (tertiary alicyclic amines) is 1. The predicted octanol–water partition coefficient (Wildman–Crippen LogP) is 2.92. The molecular formula is C14H21ClN2. The highest BCUT2D eigenvalue weighted by Crippen LogP contribution is 2.10. The van der Waals surface area contributed by atoms with E-state index < -0.39 is 0 Å². The second-order valence-corrected chi connectivity index (χ2v) is 5.15. The second-order valence-electron chi connectivity index (χ2n) is 4.71. The summed E-state index contributed by atoms with van der Waals surface area (Å²) >= 11 is 5.94. The van der Waals surface area contributed by atoms with E-state index in [2.05, 4.69) is 16.3 Å².